The second-order valence-corrected chi connectivity index (χ2v) is 4.44. The van der Waals surface area contributed by atoms with Crippen molar-refractivity contribution in [1.82, 2.24) is 0 Å². The third-order valence-corrected chi connectivity index (χ3v) is 3.09. The van der Waals surface area contributed by atoms with Gasteiger partial charge in [-0.2, -0.15) is 0 Å². The van der Waals surface area contributed by atoms with Gasteiger partial charge in [0.25, 0.3) is 0 Å². The van der Waals surface area contributed by atoms with Crippen molar-refractivity contribution in [2.75, 3.05) is 0 Å². The standard InChI is InChI=1S/C11H18O3/c1-4-9(13)14-10-8(6-5-7-12)11(10,2)3/h7-8,10H,4-6H2,1-3H3. The van der Waals surface area contributed by atoms with Crippen LogP contribution in [0.5, 0.6) is 0 Å². The third kappa shape index (κ3) is 2.14. The van der Waals surface area contributed by atoms with Crippen molar-refractivity contribution < 1.29 is 14.3 Å². The summed E-state index contributed by atoms with van der Waals surface area (Å²) in [5.41, 5.74) is 0.0633. The lowest BCUT2D eigenvalue weighted by atomic mass is 10.1. The third-order valence-electron chi connectivity index (χ3n) is 3.09. The summed E-state index contributed by atoms with van der Waals surface area (Å²) in [6, 6.07) is 0. The van der Waals surface area contributed by atoms with Gasteiger partial charge in [0.1, 0.15) is 12.4 Å². The normalized spacial score (nSPS) is 28.2. The topological polar surface area (TPSA) is 43.4 Å². The summed E-state index contributed by atoms with van der Waals surface area (Å²) in [6.07, 6.45) is 2.77. The maximum absolute atomic E-state index is 11.1. The average molecular weight is 198 g/mol. The summed E-state index contributed by atoms with van der Waals surface area (Å²) in [5, 5.41) is 0. The van der Waals surface area contributed by atoms with Crippen LogP contribution in [-0.2, 0) is 14.3 Å². The Hall–Kier alpha value is -0.860. The van der Waals surface area contributed by atoms with Gasteiger partial charge in [-0.3, -0.25) is 4.79 Å². The van der Waals surface area contributed by atoms with E-state index in [1.807, 2.05) is 0 Å². The largest absolute Gasteiger partial charge is 0.461 e. The molecule has 1 aliphatic carbocycles. The van der Waals surface area contributed by atoms with E-state index in [0.717, 1.165) is 12.7 Å². The minimum Gasteiger partial charge on any atom is -0.461 e. The molecule has 1 aliphatic rings. The lowest BCUT2D eigenvalue weighted by Gasteiger charge is -2.03. The maximum Gasteiger partial charge on any atom is 0.305 e. The number of carbonyl (C=O) groups excluding carboxylic acids is 2. The van der Waals surface area contributed by atoms with Gasteiger partial charge in [0, 0.05) is 24.2 Å². The fourth-order valence-corrected chi connectivity index (χ4v) is 1.92. The second-order valence-electron chi connectivity index (χ2n) is 4.44. The van der Waals surface area contributed by atoms with Crippen LogP contribution in [0.1, 0.15) is 40.0 Å². The van der Waals surface area contributed by atoms with E-state index in [4.69, 9.17) is 4.74 Å². The number of hydrogen-bond acceptors (Lipinski definition) is 3. The fourth-order valence-electron chi connectivity index (χ4n) is 1.92. The second kappa shape index (κ2) is 4.11. The monoisotopic (exact) mass is 198 g/mol. The molecule has 1 saturated carbocycles. The molecule has 80 valence electrons. The molecule has 2 atom stereocenters. The minimum atomic E-state index is -0.142. The van der Waals surface area contributed by atoms with Crippen molar-refractivity contribution in [3.63, 3.8) is 0 Å². The van der Waals surface area contributed by atoms with E-state index in [9.17, 15) is 9.59 Å². The van der Waals surface area contributed by atoms with Crippen LogP contribution in [-0.4, -0.2) is 18.4 Å². The first-order valence-electron chi connectivity index (χ1n) is 5.17. The van der Waals surface area contributed by atoms with Crippen LogP contribution in [0, 0.1) is 11.3 Å². The quantitative estimate of drug-likeness (QED) is 0.501. The lowest BCUT2D eigenvalue weighted by Crippen LogP contribution is -2.08. The molecular formula is C11H18O3. The van der Waals surface area contributed by atoms with Crippen LogP contribution in [0.3, 0.4) is 0 Å². The van der Waals surface area contributed by atoms with Crippen LogP contribution in [0.2, 0.25) is 0 Å². The van der Waals surface area contributed by atoms with Crippen molar-refractivity contribution in [3.8, 4) is 0 Å². The molecule has 0 aromatic carbocycles. The Morgan fingerprint density at radius 1 is 1.50 bits per heavy atom. The SMILES string of the molecule is CCC(=O)OC1C(CCC=O)C1(C)C. The summed E-state index contributed by atoms with van der Waals surface area (Å²) in [6.45, 7) is 5.95. The zero-order chi connectivity index (χ0) is 10.8. The molecule has 3 heteroatoms. The van der Waals surface area contributed by atoms with Crippen LogP contribution in [0.25, 0.3) is 0 Å². The Balaban J connectivity index is 2.40. The van der Waals surface area contributed by atoms with Gasteiger partial charge in [-0.05, 0) is 6.42 Å². The van der Waals surface area contributed by atoms with Gasteiger partial charge in [0.05, 0.1) is 0 Å². The molecule has 0 heterocycles. The molecule has 14 heavy (non-hydrogen) atoms. The zero-order valence-electron chi connectivity index (χ0n) is 9.08. The van der Waals surface area contributed by atoms with Crippen LogP contribution >= 0.6 is 0 Å². The molecule has 0 radical (unpaired) electrons. The van der Waals surface area contributed by atoms with Crippen molar-refractivity contribution in [3.05, 3.63) is 0 Å². The molecular weight excluding hydrogens is 180 g/mol. The van der Waals surface area contributed by atoms with E-state index < -0.39 is 0 Å². The van der Waals surface area contributed by atoms with Crippen LogP contribution < -0.4 is 0 Å². The summed E-state index contributed by atoms with van der Waals surface area (Å²) in [4.78, 5) is 21.3. The summed E-state index contributed by atoms with van der Waals surface area (Å²) in [5.74, 6) is 0.222. The van der Waals surface area contributed by atoms with Gasteiger partial charge in [-0.15, -0.1) is 0 Å². The Kier molecular flexibility index (Phi) is 3.29. The van der Waals surface area contributed by atoms with Crippen LogP contribution in [0.15, 0.2) is 0 Å². The molecule has 0 aromatic heterocycles. The van der Waals surface area contributed by atoms with Crippen molar-refractivity contribution in [2.24, 2.45) is 11.3 Å². The first-order valence-corrected chi connectivity index (χ1v) is 5.17. The smallest absolute Gasteiger partial charge is 0.305 e. The molecule has 0 aliphatic heterocycles. The summed E-state index contributed by atoms with van der Waals surface area (Å²) < 4.78 is 5.28. The van der Waals surface area contributed by atoms with E-state index in [2.05, 4.69) is 13.8 Å². The molecule has 3 nitrogen and oxygen atoms in total. The highest BCUT2D eigenvalue weighted by atomic mass is 16.6. The predicted molar refractivity (Wildman–Crippen MR) is 52.7 cm³/mol. The van der Waals surface area contributed by atoms with Crippen LogP contribution in [0.4, 0.5) is 0 Å². The Labute approximate surface area is 84.8 Å². The van der Waals surface area contributed by atoms with Crippen molar-refractivity contribution in [1.29, 1.82) is 0 Å². The highest BCUT2D eigenvalue weighted by Gasteiger charge is 2.59. The molecule has 0 spiro atoms. The first-order chi connectivity index (χ1) is 6.54. The molecule has 0 N–H and O–H groups in total. The number of carbonyl (C=O) groups is 2. The fraction of sp³-hybridized carbons (Fsp3) is 0.818. The van der Waals surface area contributed by atoms with E-state index in [1.54, 1.807) is 6.92 Å². The maximum atomic E-state index is 11.1. The van der Waals surface area contributed by atoms with Gasteiger partial charge >= 0.3 is 5.97 Å². The Morgan fingerprint density at radius 3 is 2.64 bits per heavy atom. The van der Waals surface area contributed by atoms with Crippen molar-refractivity contribution in [2.45, 2.75) is 46.1 Å². The number of esters is 1. The molecule has 0 bridgehead atoms. The Bertz CT molecular complexity index is 233. The van der Waals surface area contributed by atoms with Gasteiger partial charge in [0.2, 0.25) is 0 Å². The number of rotatable bonds is 5. The highest BCUT2D eigenvalue weighted by molar-refractivity contribution is 5.69. The summed E-state index contributed by atoms with van der Waals surface area (Å²) >= 11 is 0. The van der Waals surface area contributed by atoms with E-state index >= 15 is 0 Å². The minimum absolute atomic E-state index is 0.0231. The zero-order valence-corrected chi connectivity index (χ0v) is 9.08. The number of ether oxygens (including phenoxy) is 1. The number of aldehydes is 1. The molecule has 0 aromatic rings. The van der Waals surface area contributed by atoms with Gasteiger partial charge in [-0.1, -0.05) is 20.8 Å². The molecule has 2 unspecified atom stereocenters. The van der Waals surface area contributed by atoms with Gasteiger partial charge in [-0.25, -0.2) is 0 Å². The van der Waals surface area contributed by atoms with Crippen molar-refractivity contribution >= 4 is 12.3 Å². The predicted octanol–water partition coefficient (Wildman–Crippen LogP) is 1.94. The molecule has 0 amide bonds. The van der Waals surface area contributed by atoms with Gasteiger partial charge < -0.3 is 9.53 Å². The highest BCUT2D eigenvalue weighted by Crippen LogP contribution is 2.56. The first kappa shape index (κ1) is 11.2. The van der Waals surface area contributed by atoms with E-state index in [0.29, 0.717) is 18.8 Å². The lowest BCUT2D eigenvalue weighted by molar-refractivity contribution is -0.145. The average Bonchev–Trinajstić information content (AvgIpc) is 2.64. The Morgan fingerprint density at radius 2 is 2.14 bits per heavy atom. The van der Waals surface area contributed by atoms with E-state index in [-0.39, 0.29) is 17.5 Å². The summed E-state index contributed by atoms with van der Waals surface area (Å²) in [7, 11) is 0. The molecule has 1 fully saturated rings. The van der Waals surface area contributed by atoms with E-state index in [1.165, 1.54) is 0 Å². The molecule has 1 rings (SSSR count). The molecule has 0 saturated heterocycles. The number of hydrogen-bond donors (Lipinski definition) is 0. The van der Waals surface area contributed by atoms with Gasteiger partial charge in [0.15, 0.2) is 0 Å².